The maximum atomic E-state index is 9.83. The van der Waals surface area contributed by atoms with Crippen LogP contribution in [0.3, 0.4) is 0 Å². The van der Waals surface area contributed by atoms with E-state index in [0.717, 1.165) is 0 Å². The number of aromatic hydroxyl groups is 1. The number of hydrogen-bond donors (Lipinski definition) is 1. The summed E-state index contributed by atoms with van der Waals surface area (Å²) in [5, 5.41) is 14.1. The van der Waals surface area contributed by atoms with Crippen molar-refractivity contribution in [1.29, 1.82) is 0 Å². The van der Waals surface area contributed by atoms with E-state index in [1.165, 1.54) is 6.07 Å². The molecule has 20 heavy (non-hydrogen) atoms. The summed E-state index contributed by atoms with van der Waals surface area (Å²) in [7, 11) is 0. The van der Waals surface area contributed by atoms with Gasteiger partial charge in [0.25, 0.3) is 5.89 Å². The minimum atomic E-state index is -0.0217. The van der Waals surface area contributed by atoms with Crippen LogP contribution in [-0.2, 0) is 0 Å². The van der Waals surface area contributed by atoms with Crippen molar-refractivity contribution in [2.45, 2.75) is 6.92 Å². The molecular formula is C13H9ClN4O2. The molecule has 0 unspecified atom stereocenters. The summed E-state index contributed by atoms with van der Waals surface area (Å²) in [6.45, 7) is 1.77. The first-order valence-corrected chi connectivity index (χ1v) is 6.14. The van der Waals surface area contributed by atoms with E-state index in [4.69, 9.17) is 16.1 Å². The van der Waals surface area contributed by atoms with Gasteiger partial charge in [-0.15, -0.1) is 0 Å². The van der Waals surface area contributed by atoms with Gasteiger partial charge in [-0.3, -0.25) is 0 Å². The first-order valence-electron chi connectivity index (χ1n) is 5.76. The number of phenols is 1. The van der Waals surface area contributed by atoms with Crippen molar-refractivity contribution < 1.29 is 9.63 Å². The van der Waals surface area contributed by atoms with Crippen LogP contribution in [0.5, 0.6) is 5.75 Å². The predicted molar refractivity (Wildman–Crippen MR) is 72.2 cm³/mol. The first-order chi connectivity index (χ1) is 9.63. The van der Waals surface area contributed by atoms with Crippen molar-refractivity contribution in [2.75, 3.05) is 0 Å². The second kappa shape index (κ2) is 4.90. The number of rotatable bonds is 2. The lowest BCUT2D eigenvalue weighted by molar-refractivity contribution is 0.425. The quantitative estimate of drug-likeness (QED) is 0.780. The molecule has 6 nitrogen and oxygen atoms in total. The van der Waals surface area contributed by atoms with Crippen molar-refractivity contribution in [1.82, 2.24) is 20.1 Å². The third-order valence-corrected chi connectivity index (χ3v) is 2.86. The summed E-state index contributed by atoms with van der Waals surface area (Å²) in [6, 6.07) is 6.34. The molecule has 3 rings (SSSR count). The lowest BCUT2D eigenvalue weighted by Crippen LogP contribution is -1.91. The van der Waals surface area contributed by atoms with E-state index in [1.54, 1.807) is 31.3 Å². The van der Waals surface area contributed by atoms with Gasteiger partial charge in [0.1, 0.15) is 17.3 Å². The molecule has 0 atom stereocenters. The number of aromatic nitrogens is 4. The number of hydrogen-bond acceptors (Lipinski definition) is 6. The number of aryl methyl sites for hydroxylation is 1. The molecule has 0 saturated carbocycles. The molecule has 100 valence electrons. The Hall–Kier alpha value is -2.47. The minimum Gasteiger partial charge on any atom is -0.507 e. The lowest BCUT2D eigenvalue weighted by Gasteiger charge is -1.98. The van der Waals surface area contributed by atoms with Gasteiger partial charge in [0.15, 0.2) is 0 Å². The molecule has 0 fully saturated rings. The topological polar surface area (TPSA) is 84.9 Å². The van der Waals surface area contributed by atoms with Gasteiger partial charge in [0.2, 0.25) is 5.82 Å². The van der Waals surface area contributed by atoms with Gasteiger partial charge in [0.05, 0.1) is 5.56 Å². The van der Waals surface area contributed by atoms with E-state index < -0.39 is 0 Å². The Balaban J connectivity index is 2.02. The summed E-state index contributed by atoms with van der Waals surface area (Å²) in [4.78, 5) is 12.4. The van der Waals surface area contributed by atoms with Crippen LogP contribution >= 0.6 is 11.6 Å². The van der Waals surface area contributed by atoms with E-state index in [9.17, 15) is 5.11 Å². The monoisotopic (exact) mass is 288 g/mol. The van der Waals surface area contributed by atoms with Crippen LogP contribution in [0.2, 0.25) is 5.02 Å². The zero-order valence-corrected chi connectivity index (χ0v) is 11.2. The lowest BCUT2D eigenvalue weighted by atomic mass is 10.2. The molecule has 0 amide bonds. The molecule has 0 bridgehead atoms. The van der Waals surface area contributed by atoms with Gasteiger partial charge < -0.3 is 9.63 Å². The Morgan fingerprint density at radius 1 is 1.20 bits per heavy atom. The van der Waals surface area contributed by atoms with Gasteiger partial charge in [-0.1, -0.05) is 16.8 Å². The third kappa shape index (κ3) is 2.33. The smallest absolute Gasteiger partial charge is 0.262 e. The number of halogens is 1. The normalized spacial score (nSPS) is 10.7. The Bertz CT molecular complexity index is 773. The van der Waals surface area contributed by atoms with Crippen LogP contribution in [0.15, 0.2) is 35.0 Å². The van der Waals surface area contributed by atoms with E-state index >= 15 is 0 Å². The van der Waals surface area contributed by atoms with Crippen LogP contribution in [-0.4, -0.2) is 25.2 Å². The fourth-order valence-corrected chi connectivity index (χ4v) is 1.87. The summed E-state index contributed by atoms with van der Waals surface area (Å²) < 4.78 is 5.14. The van der Waals surface area contributed by atoms with E-state index in [1.807, 2.05) is 0 Å². The summed E-state index contributed by atoms with van der Waals surface area (Å²) in [5.74, 6) is 1.13. The molecule has 2 heterocycles. The molecule has 0 aliphatic rings. The van der Waals surface area contributed by atoms with E-state index in [-0.39, 0.29) is 11.6 Å². The molecule has 0 saturated heterocycles. The Morgan fingerprint density at radius 2 is 2.05 bits per heavy atom. The highest BCUT2D eigenvalue weighted by Gasteiger charge is 2.15. The van der Waals surface area contributed by atoms with Crippen LogP contribution in [0.1, 0.15) is 5.82 Å². The first kappa shape index (κ1) is 12.6. The molecule has 7 heteroatoms. The fraction of sp³-hybridized carbons (Fsp3) is 0.0769. The minimum absolute atomic E-state index is 0.0217. The van der Waals surface area contributed by atoms with Crippen LogP contribution in [0.25, 0.3) is 23.0 Å². The van der Waals surface area contributed by atoms with Crippen LogP contribution in [0.4, 0.5) is 0 Å². The Kier molecular flexibility index (Phi) is 3.08. The fourth-order valence-electron chi connectivity index (χ4n) is 1.70. The van der Waals surface area contributed by atoms with Crippen molar-refractivity contribution in [3.63, 3.8) is 0 Å². The molecular weight excluding hydrogens is 280 g/mol. The van der Waals surface area contributed by atoms with Crippen molar-refractivity contribution in [3.8, 4) is 28.7 Å². The van der Waals surface area contributed by atoms with Crippen molar-refractivity contribution in [3.05, 3.63) is 41.3 Å². The summed E-state index contributed by atoms with van der Waals surface area (Å²) >= 11 is 5.78. The zero-order valence-electron chi connectivity index (χ0n) is 10.4. The SMILES string of the molecule is Cc1nccc(-c2noc(-c3ccc(Cl)cc3O)n2)n1. The molecule has 3 aromatic rings. The maximum absolute atomic E-state index is 9.83. The molecule has 0 aliphatic carbocycles. The zero-order chi connectivity index (χ0) is 14.1. The maximum Gasteiger partial charge on any atom is 0.262 e. The second-order valence-corrected chi connectivity index (χ2v) is 4.51. The highest BCUT2D eigenvalue weighted by atomic mass is 35.5. The van der Waals surface area contributed by atoms with Gasteiger partial charge in [0, 0.05) is 11.2 Å². The third-order valence-electron chi connectivity index (χ3n) is 2.62. The van der Waals surface area contributed by atoms with E-state index in [0.29, 0.717) is 27.9 Å². The van der Waals surface area contributed by atoms with E-state index in [2.05, 4.69) is 20.1 Å². The van der Waals surface area contributed by atoms with Crippen molar-refractivity contribution in [2.24, 2.45) is 0 Å². The molecule has 0 radical (unpaired) electrons. The molecule has 0 aliphatic heterocycles. The standard InChI is InChI=1S/C13H9ClN4O2/c1-7-15-5-4-10(16-7)12-17-13(20-18-12)9-3-2-8(14)6-11(9)19/h2-6,19H,1H3. The van der Waals surface area contributed by atoms with Gasteiger partial charge in [-0.05, 0) is 31.2 Å². The molecule has 1 aromatic carbocycles. The second-order valence-electron chi connectivity index (χ2n) is 4.07. The average molecular weight is 289 g/mol. The molecule has 0 spiro atoms. The number of phenolic OH excluding ortho intramolecular Hbond substituents is 1. The summed E-state index contributed by atoms with van der Waals surface area (Å²) in [6.07, 6.45) is 1.62. The largest absolute Gasteiger partial charge is 0.507 e. The average Bonchev–Trinajstić information content (AvgIpc) is 2.88. The predicted octanol–water partition coefficient (Wildman–Crippen LogP) is 2.86. The Labute approximate surface area is 119 Å². The highest BCUT2D eigenvalue weighted by molar-refractivity contribution is 6.30. The Morgan fingerprint density at radius 3 is 2.80 bits per heavy atom. The molecule has 2 aromatic heterocycles. The van der Waals surface area contributed by atoms with Crippen LogP contribution < -0.4 is 0 Å². The van der Waals surface area contributed by atoms with Crippen molar-refractivity contribution >= 4 is 11.6 Å². The van der Waals surface area contributed by atoms with Gasteiger partial charge >= 0.3 is 0 Å². The van der Waals surface area contributed by atoms with Gasteiger partial charge in [-0.25, -0.2) is 9.97 Å². The highest BCUT2D eigenvalue weighted by Crippen LogP contribution is 2.31. The summed E-state index contributed by atoms with van der Waals surface area (Å²) in [5.41, 5.74) is 0.972. The number of nitrogens with zero attached hydrogens (tertiary/aromatic N) is 4. The van der Waals surface area contributed by atoms with Crippen LogP contribution in [0, 0.1) is 6.92 Å². The number of benzene rings is 1. The van der Waals surface area contributed by atoms with Gasteiger partial charge in [-0.2, -0.15) is 4.98 Å². The molecule has 1 N–H and O–H groups in total.